The van der Waals surface area contributed by atoms with E-state index in [0.29, 0.717) is 42.3 Å². The van der Waals surface area contributed by atoms with Gasteiger partial charge in [0.15, 0.2) is 0 Å². The molecule has 0 spiro atoms. The second-order valence-electron chi connectivity index (χ2n) is 4.03. The molecule has 0 saturated carbocycles. The highest BCUT2D eigenvalue weighted by Crippen LogP contribution is 2.29. The Labute approximate surface area is 129 Å². The molecule has 0 atom stereocenters. The predicted molar refractivity (Wildman–Crippen MR) is 81.1 cm³/mol. The van der Waals surface area contributed by atoms with Crippen LogP contribution in [0.4, 0.5) is 0 Å². The van der Waals surface area contributed by atoms with Gasteiger partial charge in [0.2, 0.25) is 0 Å². The highest BCUT2D eigenvalue weighted by Gasteiger charge is 2.15. The van der Waals surface area contributed by atoms with Crippen molar-refractivity contribution >= 4 is 65.0 Å². The molecule has 1 aromatic carbocycles. The molecule has 6 nitrogen and oxygen atoms in total. The minimum atomic E-state index is 0.640. The van der Waals surface area contributed by atoms with E-state index in [9.17, 15) is 0 Å². The molecular weight excluding hydrogens is 388 g/mol. The number of aromatic nitrogens is 6. The SMILES string of the molecule is Brc1cnc2c3ncc(Br)nc3c3nccnc3c2n1. The first-order chi connectivity index (χ1) is 9.74. The molecule has 0 aliphatic carbocycles. The van der Waals surface area contributed by atoms with Crippen molar-refractivity contribution in [3.05, 3.63) is 34.0 Å². The molecule has 0 unspecified atom stereocenters. The smallest absolute Gasteiger partial charge is 0.125 e. The van der Waals surface area contributed by atoms with Crippen LogP contribution in [0.2, 0.25) is 0 Å². The molecule has 4 aromatic rings. The molecule has 96 valence electrons. The number of rotatable bonds is 0. The first kappa shape index (κ1) is 12.0. The van der Waals surface area contributed by atoms with Crippen LogP contribution in [0.15, 0.2) is 34.0 Å². The molecule has 3 aromatic heterocycles. The average molecular weight is 392 g/mol. The Morgan fingerprint density at radius 1 is 0.550 bits per heavy atom. The van der Waals surface area contributed by atoms with Crippen LogP contribution in [0.1, 0.15) is 0 Å². The lowest BCUT2D eigenvalue weighted by molar-refractivity contribution is 1.21. The molecule has 0 N–H and O–H groups in total. The van der Waals surface area contributed by atoms with Crippen molar-refractivity contribution in [2.45, 2.75) is 0 Å². The van der Waals surface area contributed by atoms with Crippen LogP contribution in [0, 0.1) is 0 Å². The summed E-state index contributed by atoms with van der Waals surface area (Å²) < 4.78 is 1.28. The highest BCUT2D eigenvalue weighted by atomic mass is 79.9. The van der Waals surface area contributed by atoms with Crippen LogP contribution in [-0.2, 0) is 0 Å². The largest absolute Gasteiger partial charge is 0.251 e. The van der Waals surface area contributed by atoms with Crippen LogP contribution >= 0.6 is 31.9 Å². The lowest BCUT2D eigenvalue weighted by Gasteiger charge is -2.06. The third-order valence-electron chi connectivity index (χ3n) is 2.86. The second kappa shape index (κ2) is 4.35. The van der Waals surface area contributed by atoms with Crippen LogP contribution < -0.4 is 0 Å². The van der Waals surface area contributed by atoms with E-state index in [2.05, 4.69) is 61.8 Å². The molecule has 8 heteroatoms. The van der Waals surface area contributed by atoms with Crippen molar-refractivity contribution in [3.8, 4) is 0 Å². The van der Waals surface area contributed by atoms with Crippen LogP contribution in [-0.4, -0.2) is 29.9 Å². The monoisotopic (exact) mass is 390 g/mol. The summed E-state index contributed by atoms with van der Waals surface area (Å²) in [4.78, 5) is 26.4. The van der Waals surface area contributed by atoms with E-state index in [1.54, 1.807) is 24.8 Å². The van der Waals surface area contributed by atoms with Gasteiger partial charge in [-0.1, -0.05) is 0 Å². The summed E-state index contributed by atoms with van der Waals surface area (Å²) in [6, 6.07) is 0. The Bertz CT molecular complexity index is 887. The van der Waals surface area contributed by atoms with Gasteiger partial charge in [-0.15, -0.1) is 0 Å². The fraction of sp³-hybridized carbons (Fsp3) is 0. The summed E-state index contributed by atoms with van der Waals surface area (Å²) in [7, 11) is 0. The van der Waals surface area contributed by atoms with Crippen molar-refractivity contribution in [2.24, 2.45) is 0 Å². The highest BCUT2D eigenvalue weighted by molar-refractivity contribution is 9.10. The Balaban J connectivity index is 2.40. The van der Waals surface area contributed by atoms with Gasteiger partial charge in [-0.2, -0.15) is 0 Å². The summed E-state index contributed by atoms with van der Waals surface area (Å²) in [6.07, 6.45) is 6.52. The fourth-order valence-electron chi connectivity index (χ4n) is 2.10. The Hall–Kier alpha value is -1.80. The zero-order valence-electron chi connectivity index (χ0n) is 9.75. The van der Waals surface area contributed by atoms with Gasteiger partial charge in [-0.25, -0.2) is 19.9 Å². The quantitative estimate of drug-likeness (QED) is 0.429. The van der Waals surface area contributed by atoms with Gasteiger partial charge in [0.25, 0.3) is 0 Å². The summed E-state index contributed by atoms with van der Waals surface area (Å²) in [5.41, 5.74) is 3.97. The van der Waals surface area contributed by atoms with E-state index in [1.165, 1.54) is 0 Å². The normalized spacial score (nSPS) is 11.5. The molecule has 3 heterocycles. The van der Waals surface area contributed by atoms with Gasteiger partial charge in [-0.3, -0.25) is 9.97 Å². The van der Waals surface area contributed by atoms with Crippen molar-refractivity contribution < 1.29 is 0 Å². The molecule has 0 aliphatic heterocycles. The number of halogens is 2. The molecule has 4 rings (SSSR count). The van der Waals surface area contributed by atoms with Gasteiger partial charge in [0, 0.05) is 12.4 Å². The third kappa shape index (κ3) is 1.68. The third-order valence-corrected chi connectivity index (χ3v) is 3.62. The summed E-state index contributed by atoms with van der Waals surface area (Å²) in [6.45, 7) is 0. The molecule has 0 fully saturated rings. The van der Waals surface area contributed by atoms with Crippen LogP contribution in [0.5, 0.6) is 0 Å². The lowest BCUT2D eigenvalue weighted by Crippen LogP contribution is -1.96. The van der Waals surface area contributed by atoms with Crippen LogP contribution in [0.3, 0.4) is 0 Å². The van der Waals surface area contributed by atoms with Gasteiger partial charge in [-0.05, 0) is 31.9 Å². The zero-order chi connectivity index (χ0) is 13.7. The number of nitrogens with zero attached hydrogens (tertiary/aromatic N) is 6. The standard InChI is InChI=1S/C12H4Br2N6/c13-5-3-17-9-10-12(20-6(14)4-18-10)8-7(11(9)19-5)15-1-2-16-8/h1-4H. The lowest BCUT2D eigenvalue weighted by atomic mass is 10.2. The van der Waals surface area contributed by atoms with E-state index in [-0.39, 0.29) is 0 Å². The van der Waals surface area contributed by atoms with Gasteiger partial charge in [0.1, 0.15) is 42.3 Å². The van der Waals surface area contributed by atoms with Crippen molar-refractivity contribution in [1.29, 1.82) is 0 Å². The number of benzene rings is 1. The molecule has 0 aliphatic rings. The topological polar surface area (TPSA) is 77.3 Å². The summed E-state index contributed by atoms with van der Waals surface area (Å²) >= 11 is 6.66. The molecule has 0 saturated heterocycles. The Morgan fingerprint density at radius 2 is 0.950 bits per heavy atom. The Morgan fingerprint density at radius 3 is 1.40 bits per heavy atom. The summed E-state index contributed by atoms with van der Waals surface area (Å²) in [5.74, 6) is 0. The van der Waals surface area contributed by atoms with E-state index in [1.807, 2.05) is 0 Å². The van der Waals surface area contributed by atoms with Crippen molar-refractivity contribution in [2.75, 3.05) is 0 Å². The molecule has 0 radical (unpaired) electrons. The Kier molecular flexibility index (Phi) is 2.61. The van der Waals surface area contributed by atoms with E-state index >= 15 is 0 Å². The fourth-order valence-corrected chi connectivity index (χ4v) is 2.66. The minimum absolute atomic E-state index is 0.640. The maximum Gasteiger partial charge on any atom is 0.125 e. The van der Waals surface area contributed by atoms with E-state index < -0.39 is 0 Å². The van der Waals surface area contributed by atoms with Crippen molar-refractivity contribution in [3.63, 3.8) is 0 Å². The molecule has 20 heavy (non-hydrogen) atoms. The number of hydrogen-bond donors (Lipinski definition) is 0. The molecular formula is C12H4Br2N6. The van der Waals surface area contributed by atoms with E-state index in [4.69, 9.17) is 0 Å². The van der Waals surface area contributed by atoms with Gasteiger partial charge < -0.3 is 0 Å². The van der Waals surface area contributed by atoms with Gasteiger partial charge in [0.05, 0.1) is 12.4 Å². The van der Waals surface area contributed by atoms with Crippen molar-refractivity contribution in [1.82, 2.24) is 29.9 Å². The number of hydrogen-bond acceptors (Lipinski definition) is 6. The maximum atomic E-state index is 4.45. The molecule has 0 bridgehead atoms. The number of fused-ring (bicyclic) bond motifs is 6. The van der Waals surface area contributed by atoms with Gasteiger partial charge >= 0.3 is 0 Å². The molecule has 0 amide bonds. The summed E-state index contributed by atoms with van der Waals surface area (Å²) in [5, 5.41) is 0. The van der Waals surface area contributed by atoms with Crippen LogP contribution in [0.25, 0.3) is 33.1 Å². The predicted octanol–water partition coefficient (Wildman–Crippen LogP) is 3.04. The first-order valence-electron chi connectivity index (χ1n) is 5.61. The minimum Gasteiger partial charge on any atom is -0.251 e. The average Bonchev–Trinajstić information content (AvgIpc) is 2.47. The zero-order valence-corrected chi connectivity index (χ0v) is 12.9. The van der Waals surface area contributed by atoms with E-state index in [0.717, 1.165) is 0 Å². The maximum absolute atomic E-state index is 4.45. The second-order valence-corrected chi connectivity index (χ2v) is 5.66. The first-order valence-corrected chi connectivity index (χ1v) is 7.20.